The molecule has 0 unspecified atom stereocenters. The van der Waals surface area contributed by atoms with Gasteiger partial charge in [0, 0.05) is 11.6 Å². The molecule has 0 aliphatic carbocycles. The van der Waals surface area contributed by atoms with E-state index in [0.29, 0.717) is 11.3 Å². The van der Waals surface area contributed by atoms with E-state index in [9.17, 15) is 4.79 Å². The summed E-state index contributed by atoms with van der Waals surface area (Å²) < 4.78 is 7.85. The van der Waals surface area contributed by atoms with Gasteiger partial charge in [0.25, 0.3) is 0 Å². The Morgan fingerprint density at radius 1 is 1.04 bits per heavy atom. The Hall–Kier alpha value is -3.40. The molecule has 0 N–H and O–H groups in total. The fraction of sp³-hybridized carbons (Fsp3) is 0.0476. The van der Waals surface area contributed by atoms with Crippen LogP contribution in [0, 0.1) is 0 Å². The van der Waals surface area contributed by atoms with Crippen LogP contribution < -0.4 is 0 Å². The molecule has 0 radical (unpaired) electrons. The molecule has 0 aliphatic rings. The van der Waals surface area contributed by atoms with Gasteiger partial charge in [-0.2, -0.15) is 5.10 Å². The molecule has 2 aromatic carbocycles. The highest BCUT2D eigenvalue weighted by molar-refractivity contribution is 5.94. The first-order valence-corrected chi connectivity index (χ1v) is 8.04. The predicted molar refractivity (Wildman–Crippen MR) is 98.5 cm³/mol. The fourth-order valence-electron chi connectivity index (χ4n) is 2.76. The van der Waals surface area contributed by atoms with Crippen molar-refractivity contribution in [2.75, 3.05) is 0 Å². The number of carbonyl (C=O) groups is 1. The summed E-state index contributed by atoms with van der Waals surface area (Å²) in [5.74, 6) is 0.609. The number of fused-ring (bicyclic) bond motifs is 1. The maximum Gasteiger partial charge on any atom is 0.181 e. The zero-order chi connectivity index (χ0) is 17.2. The third-order valence-corrected chi connectivity index (χ3v) is 3.91. The number of carbonyl (C=O) groups excluding carboxylic acids is 1. The summed E-state index contributed by atoms with van der Waals surface area (Å²) in [4.78, 5) is 11.2. The highest BCUT2D eigenvalue weighted by Crippen LogP contribution is 2.32. The van der Waals surface area contributed by atoms with Crippen LogP contribution in [0.3, 0.4) is 0 Å². The summed E-state index contributed by atoms with van der Waals surface area (Å²) in [7, 11) is 0. The van der Waals surface area contributed by atoms with E-state index in [1.54, 1.807) is 6.08 Å². The minimum Gasteiger partial charge on any atom is -0.453 e. The number of para-hydroxylation sites is 1. The van der Waals surface area contributed by atoms with Crippen molar-refractivity contribution < 1.29 is 9.21 Å². The van der Waals surface area contributed by atoms with Crippen LogP contribution in [0.1, 0.15) is 12.7 Å². The van der Waals surface area contributed by atoms with Crippen molar-refractivity contribution in [2.24, 2.45) is 0 Å². The number of aromatic nitrogens is 2. The van der Waals surface area contributed by atoms with E-state index in [0.717, 1.165) is 22.5 Å². The van der Waals surface area contributed by atoms with Crippen LogP contribution in [0.25, 0.3) is 34.1 Å². The standard InChI is InChI=1S/C21H16N2O2/c1-15(24)12-13-18-14-19-21(25-18)20(16-8-4-2-5-9-16)22-23(19)17-10-6-3-7-11-17/h2-14H,1H3/b13-12+. The highest BCUT2D eigenvalue weighted by atomic mass is 16.3. The Kier molecular flexibility index (Phi) is 3.78. The SMILES string of the molecule is CC(=O)/C=C/c1cc2c(o1)c(-c1ccccc1)nn2-c1ccccc1. The summed E-state index contributed by atoms with van der Waals surface area (Å²) in [6, 6.07) is 21.7. The van der Waals surface area contributed by atoms with Gasteiger partial charge in [-0.05, 0) is 31.2 Å². The Bertz CT molecular complexity index is 985. The van der Waals surface area contributed by atoms with Crippen LogP contribution in [-0.2, 0) is 4.79 Å². The summed E-state index contributed by atoms with van der Waals surface area (Å²) in [5, 5.41) is 4.76. The van der Waals surface area contributed by atoms with Crippen LogP contribution in [0.15, 0.2) is 77.2 Å². The average molecular weight is 328 g/mol. The lowest BCUT2D eigenvalue weighted by Crippen LogP contribution is -1.95. The molecule has 0 fully saturated rings. The summed E-state index contributed by atoms with van der Waals surface area (Å²) in [6.07, 6.45) is 3.19. The zero-order valence-electron chi connectivity index (χ0n) is 13.7. The molecule has 0 atom stereocenters. The van der Waals surface area contributed by atoms with Crippen LogP contribution in [0.5, 0.6) is 0 Å². The molecule has 122 valence electrons. The molecule has 0 saturated carbocycles. The van der Waals surface area contributed by atoms with E-state index in [1.807, 2.05) is 71.4 Å². The van der Waals surface area contributed by atoms with Crippen molar-refractivity contribution >= 4 is 23.0 Å². The molecule has 0 bridgehead atoms. The first-order valence-electron chi connectivity index (χ1n) is 8.04. The quantitative estimate of drug-likeness (QED) is 0.501. The number of nitrogens with zero attached hydrogens (tertiary/aromatic N) is 2. The Morgan fingerprint density at radius 3 is 2.40 bits per heavy atom. The number of hydrogen-bond donors (Lipinski definition) is 0. The molecule has 4 rings (SSSR count). The lowest BCUT2D eigenvalue weighted by atomic mass is 10.1. The zero-order valence-corrected chi connectivity index (χ0v) is 13.7. The predicted octanol–water partition coefficient (Wildman–Crippen LogP) is 4.89. The van der Waals surface area contributed by atoms with Gasteiger partial charge in [-0.15, -0.1) is 0 Å². The van der Waals surface area contributed by atoms with Gasteiger partial charge >= 0.3 is 0 Å². The molecule has 4 heteroatoms. The van der Waals surface area contributed by atoms with Crippen LogP contribution >= 0.6 is 0 Å². The molecule has 2 heterocycles. The van der Waals surface area contributed by atoms with Gasteiger partial charge in [-0.3, -0.25) is 4.79 Å². The lowest BCUT2D eigenvalue weighted by molar-refractivity contribution is -0.112. The van der Waals surface area contributed by atoms with Crippen LogP contribution in [0.2, 0.25) is 0 Å². The van der Waals surface area contributed by atoms with E-state index in [2.05, 4.69) is 0 Å². The molecule has 25 heavy (non-hydrogen) atoms. The molecule has 4 aromatic rings. The minimum absolute atomic E-state index is 0.0200. The monoisotopic (exact) mass is 328 g/mol. The number of furan rings is 1. The van der Waals surface area contributed by atoms with E-state index in [4.69, 9.17) is 9.52 Å². The van der Waals surface area contributed by atoms with Gasteiger partial charge in [0.15, 0.2) is 11.4 Å². The first-order chi connectivity index (χ1) is 12.2. The van der Waals surface area contributed by atoms with Gasteiger partial charge in [-0.25, -0.2) is 4.68 Å². The van der Waals surface area contributed by atoms with Gasteiger partial charge in [0.1, 0.15) is 17.0 Å². The smallest absolute Gasteiger partial charge is 0.181 e. The van der Waals surface area contributed by atoms with E-state index in [-0.39, 0.29) is 5.78 Å². The Morgan fingerprint density at radius 2 is 1.72 bits per heavy atom. The maximum absolute atomic E-state index is 11.2. The fourth-order valence-corrected chi connectivity index (χ4v) is 2.76. The number of rotatable bonds is 4. The third-order valence-electron chi connectivity index (χ3n) is 3.91. The van der Waals surface area contributed by atoms with E-state index >= 15 is 0 Å². The second kappa shape index (κ2) is 6.24. The summed E-state index contributed by atoms with van der Waals surface area (Å²) >= 11 is 0. The molecule has 0 spiro atoms. The molecular weight excluding hydrogens is 312 g/mol. The van der Waals surface area contributed by atoms with Crippen molar-refractivity contribution in [3.63, 3.8) is 0 Å². The second-order valence-electron chi connectivity index (χ2n) is 5.77. The minimum atomic E-state index is -0.0200. The van der Waals surface area contributed by atoms with E-state index in [1.165, 1.54) is 13.0 Å². The lowest BCUT2D eigenvalue weighted by Gasteiger charge is -2.01. The molecule has 0 aliphatic heterocycles. The van der Waals surface area contributed by atoms with E-state index < -0.39 is 0 Å². The van der Waals surface area contributed by atoms with Gasteiger partial charge in [0.2, 0.25) is 0 Å². The highest BCUT2D eigenvalue weighted by Gasteiger charge is 2.18. The van der Waals surface area contributed by atoms with Crippen molar-refractivity contribution in [3.8, 4) is 16.9 Å². The normalized spacial score (nSPS) is 11.4. The Labute approximate surface area is 145 Å². The largest absolute Gasteiger partial charge is 0.453 e. The third kappa shape index (κ3) is 2.90. The first kappa shape index (κ1) is 15.1. The molecular formula is C21H16N2O2. The number of ketones is 1. The molecule has 0 amide bonds. The molecule has 0 saturated heterocycles. The van der Waals surface area contributed by atoms with Crippen LogP contribution in [-0.4, -0.2) is 15.6 Å². The van der Waals surface area contributed by atoms with Crippen LogP contribution in [0.4, 0.5) is 0 Å². The second-order valence-corrected chi connectivity index (χ2v) is 5.77. The van der Waals surface area contributed by atoms with Crippen molar-refractivity contribution in [1.29, 1.82) is 0 Å². The van der Waals surface area contributed by atoms with Crippen molar-refractivity contribution in [1.82, 2.24) is 9.78 Å². The van der Waals surface area contributed by atoms with Gasteiger partial charge in [-0.1, -0.05) is 48.5 Å². The average Bonchev–Trinajstić information content (AvgIpc) is 3.20. The van der Waals surface area contributed by atoms with Gasteiger partial charge < -0.3 is 4.42 Å². The molecule has 4 nitrogen and oxygen atoms in total. The maximum atomic E-state index is 11.2. The summed E-state index contributed by atoms with van der Waals surface area (Å²) in [5.41, 5.74) is 4.30. The van der Waals surface area contributed by atoms with Gasteiger partial charge in [0.05, 0.1) is 5.69 Å². The number of hydrogen-bond acceptors (Lipinski definition) is 3. The Balaban J connectivity index is 1.94. The summed E-state index contributed by atoms with van der Waals surface area (Å²) in [6.45, 7) is 1.51. The number of allylic oxidation sites excluding steroid dienone is 1. The van der Waals surface area contributed by atoms with Crippen molar-refractivity contribution in [2.45, 2.75) is 6.92 Å². The number of benzene rings is 2. The molecule has 2 aromatic heterocycles. The van der Waals surface area contributed by atoms with Crippen molar-refractivity contribution in [3.05, 3.63) is 78.6 Å². The topological polar surface area (TPSA) is 48.0 Å².